The Morgan fingerprint density at radius 2 is 1.08 bits per heavy atom. The van der Waals surface area contributed by atoms with Gasteiger partial charge in [-0.15, -0.1) is 0 Å². The molecular weight excluding hydrogens is 760 g/mol. The molecule has 6 aromatic rings. The van der Waals surface area contributed by atoms with Crippen molar-refractivity contribution in [3.8, 4) is 0 Å². The molecule has 4 atom stereocenters. The molecule has 0 bridgehead atoms. The van der Waals surface area contributed by atoms with E-state index in [0.29, 0.717) is 29.1 Å². The second-order valence-corrected chi connectivity index (χ2v) is 15.6. The van der Waals surface area contributed by atoms with E-state index in [1.54, 1.807) is 24.3 Å². The number of nitrogens with zero attached hydrogens (tertiary/aromatic N) is 2. The van der Waals surface area contributed by atoms with Crippen molar-refractivity contribution in [3.05, 3.63) is 144 Å². The molecule has 2 fully saturated rings. The topological polar surface area (TPSA) is 144 Å². The SMILES string of the molecule is CCN(C(=O)c1cc2ccccc2[nH]1)C1CCCC(N)C1.CCN(C(=O)c1cc2ccccc2[nH]1)C1CCC[C@@H](NC(=O)c2ccccc2)C1.O=C(Cl)c1ccccc1. The minimum absolute atomic E-state index is 0.0312. The molecule has 3 unspecified atom stereocenters. The molecule has 5 N–H and O–H groups in total. The van der Waals surface area contributed by atoms with Gasteiger partial charge in [0, 0.05) is 70.2 Å². The third-order valence-electron chi connectivity index (χ3n) is 11.3. The van der Waals surface area contributed by atoms with E-state index in [-0.39, 0.29) is 41.9 Å². The Labute approximate surface area is 351 Å². The Morgan fingerprint density at radius 3 is 1.54 bits per heavy atom. The number of H-pyrrole nitrogens is 2. The molecule has 0 saturated heterocycles. The van der Waals surface area contributed by atoms with E-state index in [0.717, 1.165) is 79.7 Å². The highest BCUT2D eigenvalue weighted by Crippen LogP contribution is 2.27. The maximum atomic E-state index is 13.2. The lowest BCUT2D eigenvalue weighted by Crippen LogP contribution is -2.48. The molecule has 2 aliphatic rings. The Morgan fingerprint density at radius 1 is 0.627 bits per heavy atom. The van der Waals surface area contributed by atoms with E-state index in [1.165, 1.54) is 0 Å². The quantitative estimate of drug-likeness (QED) is 0.108. The summed E-state index contributed by atoms with van der Waals surface area (Å²) in [5, 5.41) is 4.88. The monoisotopic (exact) mass is 814 g/mol. The van der Waals surface area contributed by atoms with Crippen molar-refractivity contribution in [1.29, 1.82) is 0 Å². The van der Waals surface area contributed by atoms with Gasteiger partial charge in [-0.05, 0) is 113 Å². The number of nitrogens with two attached hydrogens (primary N) is 1. The minimum atomic E-state index is -0.407. The van der Waals surface area contributed by atoms with Gasteiger partial charge in [-0.3, -0.25) is 19.2 Å². The lowest BCUT2D eigenvalue weighted by Gasteiger charge is -2.37. The zero-order valence-electron chi connectivity index (χ0n) is 33.9. The van der Waals surface area contributed by atoms with Gasteiger partial charge in [-0.25, -0.2) is 0 Å². The second-order valence-electron chi connectivity index (χ2n) is 15.3. The van der Waals surface area contributed by atoms with Crippen LogP contribution in [-0.2, 0) is 0 Å². The summed E-state index contributed by atoms with van der Waals surface area (Å²) in [6, 6.07) is 38.6. The van der Waals surface area contributed by atoms with Gasteiger partial charge in [0.2, 0.25) is 0 Å². The highest BCUT2D eigenvalue weighted by atomic mass is 35.5. The van der Waals surface area contributed by atoms with Gasteiger partial charge in [0.25, 0.3) is 23.0 Å². The first kappa shape index (κ1) is 42.9. The molecule has 4 aromatic carbocycles. The Kier molecular flexibility index (Phi) is 15.1. The van der Waals surface area contributed by atoms with Crippen LogP contribution in [0.3, 0.4) is 0 Å². The second kappa shape index (κ2) is 20.8. The number of carbonyl (C=O) groups is 4. The van der Waals surface area contributed by atoms with E-state index in [4.69, 9.17) is 17.3 Å². The molecule has 308 valence electrons. The predicted molar refractivity (Wildman–Crippen MR) is 237 cm³/mol. The number of rotatable bonds is 9. The summed E-state index contributed by atoms with van der Waals surface area (Å²) in [7, 11) is 0. The van der Waals surface area contributed by atoms with Crippen molar-refractivity contribution in [2.24, 2.45) is 5.73 Å². The van der Waals surface area contributed by atoms with E-state index >= 15 is 0 Å². The zero-order chi connectivity index (χ0) is 41.7. The number of hydrogen-bond donors (Lipinski definition) is 4. The van der Waals surface area contributed by atoms with Crippen LogP contribution in [0.1, 0.15) is 107 Å². The molecule has 0 spiro atoms. The number of fused-ring (bicyclic) bond motifs is 2. The molecule has 59 heavy (non-hydrogen) atoms. The highest BCUT2D eigenvalue weighted by molar-refractivity contribution is 6.67. The molecule has 0 radical (unpaired) electrons. The Bertz CT molecular complexity index is 2240. The number of aromatic nitrogens is 2. The van der Waals surface area contributed by atoms with Crippen LogP contribution in [0.5, 0.6) is 0 Å². The van der Waals surface area contributed by atoms with Gasteiger partial charge < -0.3 is 30.8 Å². The van der Waals surface area contributed by atoms with Gasteiger partial charge in [0.05, 0.1) is 0 Å². The summed E-state index contributed by atoms with van der Waals surface area (Å²) in [4.78, 5) is 59.4. The fourth-order valence-electron chi connectivity index (χ4n) is 8.31. The highest BCUT2D eigenvalue weighted by Gasteiger charge is 2.31. The maximum absolute atomic E-state index is 13.2. The fourth-order valence-corrected chi connectivity index (χ4v) is 8.44. The van der Waals surface area contributed by atoms with E-state index < -0.39 is 5.24 Å². The van der Waals surface area contributed by atoms with Gasteiger partial charge >= 0.3 is 0 Å². The number of carbonyl (C=O) groups excluding carboxylic acids is 4. The molecule has 2 aliphatic carbocycles. The summed E-state index contributed by atoms with van der Waals surface area (Å²) in [5.74, 6) is 0.0813. The number of hydrogen-bond acceptors (Lipinski definition) is 5. The first-order valence-electron chi connectivity index (χ1n) is 20.8. The Balaban J connectivity index is 0.000000169. The van der Waals surface area contributed by atoms with Crippen molar-refractivity contribution >= 4 is 56.4 Å². The Hall–Kier alpha value is -5.71. The predicted octanol–water partition coefficient (Wildman–Crippen LogP) is 9.34. The van der Waals surface area contributed by atoms with Gasteiger partial charge in [0.15, 0.2) is 0 Å². The molecule has 2 saturated carbocycles. The third-order valence-corrected chi connectivity index (χ3v) is 11.5. The van der Waals surface area contributed by atoms with Crippen LogP contribution < -0.4 is 11.1 Å². The summed E-state index contributed by atoms with van der Waals surface area (Å²) in [6.45, 7) is 5.44. The lowest BCUT2D eigenvalue weighted by atomic mass is 9.89. The van der Waals surface area contributed by atoms with Crippen LogP contribution in [0.25, 0.3) is 21.8 Å². The molecule has 3 amide bonds. The van der Waals surface area contributed by atoms with Gasteiger partial charge in [0.1, 0.15) is 11.4 Å². The van der Waals surface area contributed by atoms with Crippen molar-refractivity contribution in [3.63, 3.8) is 0 Å². The standard InChI is InChI=1S/C24H27N3O2.C17H23N3O.C7H5ClO/c1-2-27(24(29)22-15-18-11-6-7-14-21(18)26-22)20-13-8-12-19(16-20)25-23(28)17-9-4-3-5-10-17;1-2-20(14-8-5-7-13(18)11-14)17(21)16-10-12-6-3-4-9-15(12)19-16;8-7(9)6-4-2-1-3-5-6/h3-7,9-11,14-15,19-20,26H,2,8,12-13,16H2,1H3,(H,25,28);3-4,6,9-10,13-14,19H,2,5,7-8,11,18H2,1H3;1-5H/t19-,20?;;/m1../s1. The van der Waals surface area contributed by atoms with Gasteiger partial charge in [-0.1, -0.05) is 84.9 Å². The van der Waals surface area contributed by atoms with E-state index in [1.807, 2.05) is 121 Å². The van der Waals surface area contributed by atoms with E-state index in [2.05, 4.69) is 15.3 Å². The first-order valence-corrected chi connectivity index (χ1v) is 21.2. The molecule has 2 aromatic heterocycles. The van der Waals surface area contributed by atoms with Crippen LogP contribution in [0.4, 0.5) is 0 Å². The average Bonchev–Trinajstić information content (AvgIpc) is 3.91. The summed E-state index contributed by atoms with van der Waals surface area (Å²) in [5.41, 5.74) is 10.6. The molecular formula is C48H55ClN6O4. The van der Waals surface area contributed by atoms with Crippen LogP contribution in [-0.4, -0.2) is 80.0 Å². The number of aromatic amines is 2. The zero-order valence-corrected chi connectivity index (χ0v) is 34.7. The van der Waals surface area contributed by atoms with Crippen LogP contribution in [0, 0.1) is 0 Å². The number of amides is 3. The minimum Gasteiger partial charge on any atom is -0.351 e. The van der Waals surface area contributed by atoms with Gasteiger partial charge in [-0.2, -0.15) is 0 Å². The summed E-state index contributed by atoms with van der Waals surface area (Å²) >= 11 is 5.16. The van der Waals surface area contributed by atoms with Crippen molar-refractivity contribution in [1.82, 2.24) is 25.1 Å². The third kappa shape index (κ3) is 11.3. The average molecular weight is 815 g/mol. The van der Waals surface area contributed by atoms with Crippen LogP contribution in [0.2, 0.25) is 0 Å². The number of benzene rings is 4. The van der Waals surface area contributed by atoms with Crippen molar-refractivity contribution in [2.45, 2.75) is 89.4 Å². The summed E-state index contributed by atoms with van der Waals surface area (Å²) < 4.78 is 0. The molecule has 11 heteroatoms. The maximum Gasteiger partial charge on any atom is 0.270 e. The first-order chi connectivity index (χ1) is 28.6. The number of halogens is 1. The van der Waals surface area contributed by atoms with Crippen molar-refractivity contribution in [2.75, 3.05) is 13.1 Å². The molecule has 0 aliphatic heterocycles. The van der Waals surface area contributed by atoms with E-state index in [9.17, 15) is 19.2 Å². The molecule has 10 nitrogen and oxygen atoms in total. The number of para-hydroxylation sites is 2. The smallest absolute Gasteiger partial charge is 0.270 e. The van der Waals surface area contributed by atoms with Crippen molar-refractivity contribution < 1.29 is 19.2 Å². The summed E-state index contributed by atoms with van der Waals surface area (Å²) in [6.07, 6.45) is 7.88. The largest absolute Gasteiger partial charge is 0.351 e. The van der Waals surface area contributed by atoms with Crippen LogP contribution >= 0.6 is 11.6 Å². The molecule has 8 rings (SSSR count). The molecule has 2 heterocycles. The number of nitrogens with one attached hydrogen (secondary N) is 3. The fraction of sp³-hybridized carbons (Fsp3) is 0.333. The lowest BCUT2D eigenvalue weighted by molar-refractivity contribution is 0.0614. The normalized spacial score (nSPS) is 18.7. The van der Waals surface area contributed by atoms with Crippen LogP contribution in [0.15, 0.2) is 121 Å².